The summed E-state index contributed by atoms with van der Waals surface area (Å²) >= 11 is 0.624. The Hall–Kier alpha value is -0.770. The van der Waals surface area contributed by atoms with E-state index in [0.29, 0.717) is 22.7 Å². The molecule has 0 saturated heterocycles. The minimum absolute atomic E-state index is 0.421. The van der Waals surface area contributed by atoms with Gasteiger partial charge in [-0.15, -0.1) is 0 Å². The lowest BCUT2D eigenvalue weighted by molar-refractivity contribution is 0.252. The maximum absolute atomic E-state index is 12.5. The molecule has 1 N–H and O–H groups in total. The zero-order valence-corrected chi connectivity index (χ0v) is 12.1. The summed E-state index contributed by atoms with van der Waals surface area (Å²) in [5, 5.41) is 3.46. The number of hydrogen-bond acceptors (Lipinski definition) is 2. The van der Waals surface area contributed by atoms with Crippen LogP contribution in [0.5, 0.6) is 0 Å². The standard InChI is InChI=1S/C15H21F2NS/c1-11-5-4-6-12(10-9-11)18-13-7-2-3-8-14(13)19-15(16)17/h2-3,7-8,11-12,15,18H,4-6,9-10H2,1H3. The first-order valence-corrected chi connectivity index (χ1v) is 7.83. The van der Waals surface area contributed by atoms with Crippen LogP contribution in [-0.2, 0) is 0 Å². The fraction of sp³-hybridized carbons (Fsp3) is 0.600. The highest BCUT2D eigenvalue weighted by Gasteiger charge is 2.17. The Bertz CT molecular complexity index is 397. The maximum Gasteiger partial charge on any atom is 0.288 e. The minimum Gasteiger partial charge on any atom is -0.381 e. The van der Waals surface area contributed by atoms with Crippen molar-refractivity contribution in [1.29, 1.82) is 0 Å². The summed E-state index contributed by atoms with van der Waals surface area (Å²) in [6, 6.07) is 7.80. The molecule has 2 atom stereocenters. The number of benzene rings is 1. The molecule has 0 radical (unpaired) electrons. The van der Waals surface area contributed by atoms with Crippen molar-refractivity contribution in [3.05, 3.63) is 24.3 Å². The topological polar surface area (TPSA) is 12.0 Å². The lowest BCUT2D eigenvalue weighted by atomic mass is 10.0. The van der Waals surface area contributed by atoms with Crippen LogP contribution in [0.4, 0.5) is 14.5 Å². The van der Waals surface area contributed by atoms with Crippen molar-refractivity contribution in [2.75, 3.05) is 5.32 Å². The zero-order chi connectivity index (χ0) is 13.7. The second-order valence-corrected chi connectivity index (χ2v) is 6.36. The molecule has 2 unspecified atom stereocenters. The number of alkyl halides is 2. The van der Waals surface area contributed by atoms with E-state index >= 15 is 0 Å². The summed E-state index contributed by atoms with van der Waals surface area (Å²) in [7, 11) is 0. The molecule has 1 aliphatic carbocycles. The van der Waals surface area contributed by atoms with Crippen LogP contribution in [0.15, 0.2) is 29.2 Å². The second-order valence-electron chi connectivity index (χ2n) is 5.33. The second kappa shape index (κ2) is 7.13. The Labute approximate surface area is 118 Å². The Kier molecular flexibility index (Phi) is 5.49. The third-order valence-electron chi connectivity index (χ3n) is 3.72. The Morgan fingerprint density at radius 1 is 1.16 bits per heavy atom. The van der Waals surface area contributed by atoms with Gasteiger partial charge in [0.15, 0.2) is 0 Å². The fourth-order valence-electron chi connectivity index (χ4n) is 2.64. The number of nitrogens with one attached hydrogen (secondary N) is 1. The van der Waals surface area contributed by atoms with E-state index in [1.165, 1.54) is 19.3 Å². The van der Waals surface area contributed by atoms with Crippen LogP contribution in [0, 0.1) is 5.92 Å². The molecule has 1 fully saturated rings. The average molecular weight is 285 g/mol. The first-order chi connectivity index (χ1) is 9.15. The van der Waals surface area contributed by atoms with E-state index < -0.39 is 5.76 Å². The maximum atomic E-state index is 12.5. The summed E-state index contributed by atoms with van der Waals surface area (Å²) in [5.41, 5.74) is 0.854. The van der Waals surface area contributed by atoms with Gasteiger partial charge in [-0.25, -0.2) is 0 Å². The van der Waals surface area contributed by atoms with Gasteiger partial charge in [0.2, 0.25) is 0 Å². The molecule has 0 heterocycles. The minimum atomic E-state index is -2.36. The van der Waals surface area contributed by atoms with Crippen LogP contribution in [0.25, 0.3) is 0 Å². The molecule has 1 aromatic carbocycles. The van der Waals surface area contributed by atoms with Crippen LogP contribution in [0.2, 0.25) is 0 Å². The van der Waals surface area contributed by atoms with Gasteiger partial charge >= 0.3 is 0 Å². The molecule has 0 aromatic heterocycles. The van der Waals surface area contributed by atoms with Gasteiger partial charge in [-0.1, -0.05) is 43.7 Å². The smallest absolute Gasteiger partial charge is 0.288 e. The zero-order valence-electron chi connectivity index (χ0n) is 11.2. The number of thioether (sulfide) groups is 1. The number of rotatable bonds is 4. The average Bonchev–Trinajstić information content (AvgIpc) is 2.56. The molecule has 1 nitrogen and oxygen atoms in total. The molecule has 0 bridgehead atoms. The number of hydrogen-bond donors (Lipinski definition) is 1. The molecule has 19 heavy (non-hydrogen) atoms. The van der Waals surface area contributed by atoms with Crippen LogP contribution < -0.4 is 5.32 Å². The largest absolute Gasteiger partial charge is 0.381 e. The van der Waals surface area contributed by atoms with Gasteiger partial charge in [0.05, 0.1) is 0 Å². The summed E-state index contributed by atoms with van der Waals surface area (Å²) in [4.78, 5) is 0.648. The summed E-state index contributed by atoms with van der Waals surface area (Å²) in [6.07, 6.45) is 6.00. The van der Waals surface area contributed by atoms with Crippen molar-refractivity contribution < 1.29 is 8.78 Å². The fourth-order valence-corrected chi connectivity index (χ4v) is 3.24. The van der Waals surface area contributed by atoms with Gasteiger partial charge < -0.3 is 5.32 Å². The molecule has 4 heteroatoms. The molecule has 2 rings (SSSR count). The van der Waals surface area contributed by atoms with Gasteiger partial charge in [-0.05, 0) is 37.3 Å². The molecule has 0 aliphatic heterocycles. The van der Waals surface area contributed by atoms with Crippen LogP contribution in [0.3, 0.4) is 0 Å². The molecule has 1 saturated carbocycles. The molecule has 106 valence electrons. The van der Waals surface area contributed by atoms with Crippen molar-refractivity contribution in [1.82, 2.24) is 0 Å². The highest BCUT2D eigenvalue weighted by atomic mass is 32.2. The third kappa shape index (κ3) is 4.68. The van der Waals surface area contributed by atoms with Crippen LogP contribution in [0.1, 0.15) is 39.0 Å². The molecule has 0 spiro atoms. The van der Waals surface area contributed by atoms with Gasteiger partial charge in [-0.3, -0.25) is 0 Å². The van der Waals surface area contributed by atoms with E-state index in [-0.39, 0.29) is 0 Å². The van der Waals surface area contributed by atoms with Crippen LogP contribution in [-0.4, -0.2) is 11.8 Å². The molecule has 0 amide bonds. The lowest BCUT2D eigenvalue weighted by Gasteiger charge is -2.20. The number of para-hydroxylation sites is 1. The molecular weight excluding hydrogens is 264 g/mol. The monoisotopic (exact) mass is 285 g/mol. The third-order valence-corrected chi connectivity index (χ3v) is 4.51. The Balaban J connectivity index is 2.01. The highest BCUT2D eigenvalue weighted by Crippen LogP contribution is 2.33. The highest BCUT2D eigenvalue weighted by molar-refractivity contribution is 7.99. The van der Waals surface area contributed by atoms with Crippen molar-refractivity contribution in [2.45, 2.75) is 55.7 Å². The van der Waals surface area contributed by atoms with Gasteiger partial charge in [0.1, 0.15) is 0 Å². The van der Waals surface area contributed by atoms with E-state index in [1.54, 1.807) is 6.07 Å². The molecule has 1 aliphatic rings. The summed E-state index contributed by atoms with van der Waals surface area (Å²) in [5.74, 6) is -1.57. The number of halogens is 2. The normalized spacial score (nSPS) is 24.2. The molecular formula is C15H21F2NS. The van der Waals surface area contributed by atoms with Crippen molar-refractivity contribution in [3.8, 4) is 0 Å². The van der Waals surface area contributed by atoms with E-state index in [1.807, 2.05) is 18.2 Å². The Morgan fingerprint density at radius 3 is 2.74 bits per heavy atom. The first-order valence-electron chi connectivity index (χ1n) is 6.95. The predicted molar refractivity (Wildman–Crippen MR) is 78.0 cm³/mol. The van der Waals surface area contributed by atoms with E-state index in [2.05, 4.69) is 12.2 Å². The first kappa shape index (κ1) is 14.6. The van der Waals surface area contributed by atoms with Gasteiger partial charge in [0, 0.05) is 16.6 Å². The summed E-state index contributed by atoms with van der Waals surface area (Å²) < 4.78 is 25.1. The van der Waals surface area contributed by atoms with Crippen LogP contribution >= 0.6 is 11.8 Å². The van der Waals surface area contributed by atoms with Crippen molar-refractivity contribution >= 4 is 17.4 Å². The van der Waals surface area contributed by atoms with Crippen molar-refractivity contribution in [3.63, 3.8) is 0 Å². The van der Waals surface area contributed by atoms with E-state index in [9.17, 15) is 8.78 Å². The Morgan fingerprint density at radius 2 is 1.95 bits per heavy atom. The van der Waals surface area contributed by atoms with E-state index in [0.717, 1.165) is 24.4 Å². The number of anilines is 1. The summed E-state index contributed by atoms with van der Waals surface area (Å²) in [6.45, 7) is 2.29. The molecule has 1 aromatic rings. The lowest BCUT2D eigenvalue weighted by Crippen LogP contribution is -2.18. The quantitative estimate of drug-likeness (QED) is 0.588. The van der Waals surface area contributed by atoms with E-state index in [4.69, 9.17) is 0 Å². The SMILES string of the molecule is CC1CCCC(Nc2ccccc2SC(F)F)CC1. The van der Waals surface area contributed by atoms with Crippen molar-refractivity contribution in [2.24, 2.45) is 5.92 Å². The van der Waals surface area contributed by atoms with Gasteiger partial charge in [0.25, 0.3) is 5.76 Å². The van der Waals surface area contributed by atoms with Gasteiger partial charge in [-0.2, -0.15) is 8.78 Å². The predicted octanol–water partition coefficient (Wildman–Crippen LogP) is 5.38.